The van der Waals surface area contributed by atoms with Crippen molar-refractivity contribution in [3.05, 3.63) is 356 Å². The van der Waals surface area contributed by atoms with Crippen molar-refractivity contribution in [2.24, 2.45) is 0 Å². The number of alkyl halides is 12. The molecule has 0 aliphatic carbocycles. The highest BCUT2D eigenvalue weighted by molar-refractivity contribution is 7.98. The van der Waals surface area contributed by atoms with Crippen molar-refractivity contribution in [2.75, 3.05) is 121 Å². The van der Waals surface area contributed by atoms with E-state index < -0.39 is 119 Å². The average molecular weight is 2200 g/mol. The molecule has 4 aliphatic rings. The summed E-state index contributed by atoms with van der Waals surface area (Å²) < 4.78 is 257. The van der Waals surface area contributed by atoms with E-state index in [9.17, 15) is 97.1 Å². The van der Waals surface area contributed by atoms with E-state index >= 15 is 0 Å². The molecule has 778 valence electrons. The predicted octanol–water partition coefficient (Wildman–Crippen LogP) is 27.5. The Morgan fingerprint density at radius 2 is 0.503 bits per heavy atom. The lowest BCUT2D eigenvalue weighted by Crippen LogP contribution is -2.33. The van der Waals surface area contributed by atoms with Gasteiger partial charge in [-0.15, -0.1) is 0 Å². The second-order valence-electron chi connectivity index (χ2n) is 34.3. The molecule has 0 N–H and O–H groups in total. The van der Waals surface area contributed by atoms with E-state index in [2.05, 4.69) is 0 Å². The van der Waals surface area contributed by atoms with Gasteiger partial charge in [-0.2, -0.15) is 72.9 Å². The Bertz CT molecular complexity index is 6700. The molecular formula is C104H96Cl4F12N8O15S4. The first-order valence-electron chi connectivity index (χ1n) is 45.3. The smallest absolute Gasteiger partial charge is 0.416 e. The van der Waals surface area contributed by atoms with Crippen molar-refractivity contribution in [1.29, 1.82) is 0 Å². The fourth-order valence-corrected chi connectivity index (χ4v) is 19.0. The van der Waals surface area contributed by atoms with Gasteiger partial charge in [0.1, 0.15) is 65.7 Å². The molecule has 16 rings (SSSR count). The summed E-state index contributed by atoms with van der Waals surface area (Å²) in [5.41, 5.74) is 0.285. The van der Waals surface area contributed by atoms with E-state index in [1.165, 1.54) is 53.7 Å². The van der Waals surface area contributed by atoms with Crippen LogP contribution in [0.3, 0.4) is 0 Å². The highest BCUT2D eigenvalue weighted by Crippen LogP contribution is 2.46. The van der Waals surface area contributed by atoms with Gasteiger partial charge >= 0.3 is 48.8 Å². The molecule has 4 heterocycles. The number of carbonyl (C=O) groups is 4. The second kappa shape index (κ2) is 48.6. The monoisotopic (exact) mass is 2190 g/mol. The van der Waals surface area contributed by atoms with Crippen LogP contribution in [0, 0.1) is 0 Å². The SMILES string of the molecule is CS(=O)(=O)CCCN1C[C@H](c2cccc(C(F)(F)F)c2)N(c2ccc(Oc3ccc(Cl)cc3)cc2)C1=O.CS(=O)(=O)CCCN1C[C@H](c2cccc(C(F)(F)F)c2)N(c2ccc(Oc3ccc(Cl)cc3)cc2)C1=O.CS(=O)(=O)OCCCN1C[C@H](c2cccc(C(F)(F)F)c2)N(c2ccc(Oc3ccc(Cl)cc3)cc2)C1=O.CSCCCN1C[C@H](c2cccc(C(F)(F)F)c2)N(c2ccc(Oc3ccc(Cl)cc3)cc2)C1=O. The zero-order chi connectivity index (χ0) is 106. The number of urea groups is 4. The lowest BCUT2D eigenvalue weighted by Gasteiger charge is -2.24. The molecule has 43 heteroatoms. The van der Waals surface area contributed by atoms with Crippen LogP contribution in [0.1, 0.15) is 94.4 Å². The number of amides is 8. The molecule has 12 aromatic carbocycles. The van der Waals surface area contributed by atoms with Gasteiger partial charge in [0.25, 0.3) is 10.1 Å². The Morgan fingerprint density at radius 1 is 0.299 bits per heavy atom. The number of hydrogen-bond acceptors (Lipinski definition) is 16. The van der Waals surface area contributed by atoms with Crippen LogP contribution in [0.5, 0.6) is 46.0 Å². The summed E-state index contributed by atoms with van der Waals surface area (Å²) in [6.45, 7) is 1.58. The number of ether oxygens (including phenoxy) is 4. The summed E-state index contributed by atoms with van der Waals surface area (Å²) in [6.07, 6.45) is -11.4. The number of thioether (sulfide) groups is 1. The van der Waals surface area contributed by atoms with Crippen LogP contribution in [0.25, 0.3) is 0 Å². The number of hydrogen-bond donors (Lipinski definition) is 0. The largest absolute Gasteiger partial charge is 0.457 e. The van der Waals surface area contributed by atoms with Gasteiger partial charge in [-0.1, -0.05) is 94.9 Å². The summed E-state index contributed by atoms with van der Waals surface area (Å²) in [7, 11) is -10.1. The molecule has 0 saturated carbocycles. The molecule has 147 heavy (non-hydrogen) atoms. The van der Waals surface area contributed by atoms with Gasteiger partial charge in [-0.05, 0) is 303 Å². The summed E-state index contributed by atoms with van der Waals surface area (Å²) in [5, 5.41) is 2.30. The third-order valence-electron chi connectivity index (χ3n) is 23.3. The van der Waals surface area contributed by atoms with Gasteiger partial charge in [0.15, 0.2) is 0 Å². The first-order valence-corrected chi connectivity index (χ1v) is 54.2. The summed E-state index contributed by atoms with van der Waals surface area (Å²) in [6, 6.07) is 69.9. The van der Waals surface area contributed by atoms with E-state index in [4.69, 9.17) is 69.5 Å². The van der Waals surface area contributed by atoms with Gasteiger partial charge in [0, 0.05) is 108 Å². The van der Waals surface area contributed by atoms with Crippen LogP contribution >= 0.6 is 58.2 Å². The molecular weight excluding hydrogens is 2100 g/mol. The standard InChI is InChI=1S/C26H24ClF3N2O5S.2C26H24ClF3N2O4S.C26H24ClF3N2O2S/c1-38(34,35)36-15-3-14-31-17-24(18-4-2-5-19(16-18)26(28,29)30)32(25(31)33)21-8-12-23(13-9-21)37-22-10-6-20(27)7-11-22;2*1-37(34,35)15-3-14-31-17-24(18-4-2-5-19(16-18)26(28,29)30)32(25(31)33)21-8-12-23(13-9-21)36-22-10-6-20(27)7-11-22;1-35-15-3-14-31-17-24(18-4-2-5-19(16-18)26(28,29)30)32(25(31)33)21-8-12-23(13-9-21)34-22-10-6-20(27)7-11-22/h2,4-13,16,24H,3,14-15,17H2,1H3;2*2,4-13,16,24H,3,14-15,17H2,1H3;2,4-13,16,24H,3,14-15,17H2,1H3/t4*24-/m1111/s1. The number of benzene rings is 12. The molecule has 4 aliphatic heterocycles. The fourth-order valence-electron chi connectivity index (χ4n) is 16.4. The first-order chi connectivity index (χ1) is 69.5. The number of rotatable bonds is 33. The quantitative estimate of drug-likeness (QED) is 0.0211. The molecule has 4 fully saturated rings. The summed E-state index contributed by atoms with van der Waals surface area (Å²) in [5.74, 6) is 5.06. The Labute approximate surface area is 865 Å². The normalized spacial score (nSPS) is 16.3. The van der Waals surface area contributed by atoms with Crippen LogP contribution < -0.4 is 38.5 Å². The third-order valence-corrected chi connectivity index (χ3v) is 27.7. The molecule has 0 aromatic heterocycles. The maximum atomic E-state index is 13.4. The van der Waals surface area contributed by atoms with Crippen molar-refractivity contribution >= 4 is 135 Å². The van der Waals surface area contributed by atoms with Crippen molar-refractivity contribution in [2.45, 2.75) is 74.6 Å². The van der Waals surface area contributed by atoms with Crippen molar-refractivity contribution in [3.8, 4) is 46.0 Å². The lowest BCUT2D eigenvalue weighted by molar-refractivity contribution is -0.138. The van der Waals surface area contributed by atoms with Crippen molar-refractivity contribution in [1.82, 2.24) is 19.6 Å². The number of halogens is 16. The van der Waals surface area contributed by atoms with E-state index in [0.717, 1.165) is 79.5 Å². The maximum Gasteiger partial charge on any atom is 0.416 e. The van der Waals surface area contributed by atoms with Gasteiger partial charge in [0.05, 0.1) is 70.8 Å². The van der Waals surface area contributed by atoms with Crippen LogP contribution in [0.2, 0.25) is 20.1 Å². The molecule has 0 spiro atoms. The minimum Gasteiger partial charge on any atom is -0.457 e. The maximum absolute atomic E-state index is 13.4. The topological polar surface area (TPSA) is 243 Å². The zero-order valence-corrected chi connectivity index (χ0v) is 85.0. The minimum atomic E-state index is -4.53. The number of sulfone groups is 2. The minimum absolute atomic E-state index is 0.0955. The molecule has 23 nitrogen and oxygen atoms in total. The van der Waals surface area contributed by atoms with E-state index in [1.807, 2.05) is 6.26 Å². The Balaban J connectivity index is 0.000000164. The van der Waals surface area contributed by atoms with Crippen LogP contribution in [0.15, 0.2) is 291 Å². The summed E-state index contributed by atoms with van der Waals surface area (Å²) >= 11 is 25.3. The molecule has 8 amide bonds. The van der Waals surface area contributed by atoms with E-state index in [0.29, 0.717) is 124 Å². The predicted molar refractivity (Wildman–Crippen MR) is 543 cm³/mol. The Kier molecular flexibility index (Phi) is 36.9. The molecule has 0 unspecified atom stereocenters. The molecule has 0 bridgehead atoms. The zero-order valence-electron chi connectivity index (χ0n) is 78.7. The molecule has 4 saturated heterocycles. The van der Waals surface area contributed by atoms with Crippen molar-refractivity contribution in [3.63, 3.8) is 0 Å². The van der Waals surface area contributed by atoms with Crippen LogP contribution in [-0.4, -0.2) is 170 Å². The van der Waals surface area contributed by atoms with E-state index in [1.54, 1.807) is 240 Å². The fraction of sp³-hybridized carbons (Fsp3) is 0.269. The summed E-state index contributed by atoms with van der Waals surface area (Å²) in [4.78, 5) is 65.5. The lowest BCUT2D eigenvalue weighted by atomic mass is 10.0. The van der Waals surface area contributed by atoms with Gasteiger partial charge in [0.2, 0.25) is 0 Å². The number of anilines is 4. The Morgan fingerprint density at radius 3 is 0.701 bits per heavy atom. The van der Waals surface area contributed by atoms with Crippen molar-refractivity contribution < 1.29 is 120 Å². The van der Waals surface area contributed by atoms with Crippen LogP contribution in [0.4, 0.5) is 94.6 Å². The van der Waals surface area contributed by atoms with Gasteiger partial charge < -0.3 is 38.5 Å². The Hall–Kier alpha value is -12.6. The number of carbonyl (C=O) groups excluding carboxylic acids is 4. The van der Waals surface area contributed by atoms with Gasteiger partial charge in [-0.25, -0.2) is 36.0 Å². The highest BCUT2D eigenvalue weighted by atomic mass is 35.5. The second-order valence-corrected chi connectivity index (χ2v) is 43.2. The van der Waals surface area contributed by atoms with Gasteiger partial charge in [-0.3, -0.25) is 23.8 Å². The molecule has 4 atom stereocenters. The highest BCUT2D eigenvalue weighted by Gasteiger charge is 2.46. The molecule has 12 aromatic rings. The van der Waals surface area contributed by atoms with Crippen LogP contribution in [-0.2, 0) is 58.7 Å². The number of nitrogens with zero attached hydrogens (tertiary/aromatic N) is 8. The molecule has 0 radical (unpaired) electrons. The average Bonchev–Trinajstić information content (AvgIpc) is 1.64. The third kappa shape index (κ3) is 31.5. The first kappa shape index (κ1) is 112. The van der Waals surface area contributed by atoms with E-state index in [-0.39, 0.29) is 82.7 Å².